The molecular formula is C17H24N6O. The predicted molar refractivity (Wildman–Crippen MR) is 91.6 cm³/mol. The largest absolute Gasteiger partial charge is 0.370 e. The fourth-order valence-corrected chi connectivity index (χ4v) is 3.05. The van der Waals surface area contributed by atoms with Crippen LogP contribution >= 0.6 is 0 Å². The lowest BCUT2D eigenvalue weighted by atomic mass is 10.2. The molecule has 24 heavy (non-hydrogen) atoms. The highest BCUT2D eigenvalue weighted by atomic mass is 16.2. The first-order chi connectivity index (χ1) is 11.7. The van der Waals surface area contributed by atoms with E-state index in [-0.39, 0.29) is 5.91 Å². The average Bonchev–Trinajstić information content (AvgIpc) is 2.97. The number of nitrogens with zero attached hydrogens (tertiary/aromatic N) is 6. The highest BCUT2D eigenvalue weighted by Crippen LogP contribution is 2.17. The van der Waals surface area contributed by atoms with Crippen LogP contribution in [0.4, 0.5) is 5.69 Å². The summed E-state index contributed by atoms with van der Waals surface area (Å²) in [4.78, 5) is 24.9. The monoisotopic (exact) mass is 328 g/mol. The minimum Gasteiger partial charge on any atom is -0.370 e. The third-order valence-electron chi connectivity index (χ3n) is 4.34. The van der Waals surface area contributed by atoms with Gasteiger partial charge in [-0.15, -0.1) is 0 Å². The molecule has 0 N–H and O–H groups in total. The number of aryl methyl sites for hydroxylation is 2. The van der Waals surface area contributed by atoms with Gasteiger partial charge in [0.2, 0.25) is 5.91 Å². The number of amides is 1. The van der Waals surface area contributed by atoms with Gasteiger partial charge >= 0.3 is 0 Å². The topological polar surface area (TPSA) is 67.2 Å². The quantitative estimate of drug-likeness (QED) is 0.832. The van der Waals surface area contributed by atoms with E-state index in [1.807, 2.05) is 24.1 Å². The molecule has 2 aromatic heterocycles. The number of hydrogen-bond acceptors (Lipinski definition) is 5. The van der Waals surface area contributed by atoms with Gasteiger partial charge in [0.15, 0.2) is 0 Å². The standard InChI is InChI=1S/C17H24N6O/c1-15-12-16(5-6-19-15)21-7-3-8-22(11-10-21)17(24)4-2-9-23-14-18-13-20-23/h5-6,12-14H,2-4,7-11H2,1H3. The minimum atomic E-state index is 0.239. The lowest BCUT2D eigenvalue weighted by molar-refractivity contribution is -0.131. The second-order valence-electron chi connectivity index (χ2n) is 6.14. The summed E-state index contributed by atoms with van der Waals surface area (Å²) in [6.07, 6.45) is 7.41. The van der Waals surface area contributed by atoms with E-state index in [1.54, 1.807) is 11.0 Å². The fraction of sp³-hybridized carbons (Fsp3) is 0.529. The maximum absolute atomic E-state index is 12.4. The first-order valence-electron chi connectivity index (χ1n) is 8.50. The Morgan fingerprint density at radius 3 is 2.96 bits per heavy atom. The van der Waals surface area contributed by atoms with Crippen molar-refractivity contribution in [1.82, 2.24) is 24.6 Å². The molecule has 1 aliphatic rings. The Hall–Kier alpha value is -2.44. The van der Waals surface area contributed by atoms with Crippen molar-refractivity contribution in [1.29, 1.82) is 0 Å². The van der Waals surface area contributed by atoms with Crippen molar-refractivity contribution in [3.8, 4) is 0 Å². The highest BCUT2D eigenvalue weighted by Gasteiger charge is 2.19. The molecule has 1 aliphatic heterocycles. The normalized spacial score (nSPS) is 15.4. The molecule has 7 nitrogen and oxygen atoms in total. The fourth-order valence-electron chi connectivity index (χ4n) is 3.05. The number of carbonyl (C=O) groups excluding carboxylic acids is 1. The van der Waals surface area contributed by atoms with Gasteiger partial charge in [0.25, 0.3) is 0 Å². The first-order valence-corrected chi connectivity index (χ1v) is 8.50. The molecule has 0 spiro atoms. The van der Waals surface area contributed by atoms with Gasteiger partial charge in [0.05, 0.1) is 0 Å². The van der Waals surface area contributed by atoms with Gasteiger partial charge in [-0.1, -0.05) is 0 Å². The summed E-state index contributed by atoms with van der Waals surface area (Å²) in [5, 5.41) is 4.06. The zero-order chi connectivity index (χ0) is 16.8. The third-order valence-corrected chi connectivity index (χ3v) is 4.34. The molecular weight excluding hydrogens is 304 g/mol. The summed E-state index contributed by atoms with van der Waals surface area (Å²) >= 11 is 0. The number of anilines is 1. The van der Waals surface area contributed by atoms with Crippen molar-refractivity contribution in [2.75, 3.05) is 31.1 Å². The number of rotatable bonds is 5. The van der Waals surface area contributed by atoms with Gasteiger partial charge in [0.1, 0.15) is 12.7 Å². The maximum Gasteiger partial charge on any atom is 0.222 e. The van der Waals surface area contributed by atoms with E-state index in [2.05, 4.69) is 26.0 Å². The molecule has 1 saturated heterocycles. The molecule has 0 saturated carbocycles. The summed E-state index contributed by atoms with van der Waals surface area (Å²) < 4.78 is 1.77. The smallest absolute Gasteiger partial charge is 0.222 e. The molecule has 3 heterocycles. The van der Waals surface area contributed by atoms with Gasteiger partial charge < -0.3 is 9.80 Å². The SMILES string of the molecule is Cc1cc(N2CCCN(C(=O)CCCn3cncn3)CC2)ccn1. The number of aromatic nitrogens is 4. The van der Waals surface area contributed by atoms with E-state index < -0.39 is 0 Å². The van der Waals surface area contributed by atoms with Crippen LogP contribution in [0.1, 0.15) is 25.0 Å². The van der Waals surface area contributed by atoms with Crippen molar-refractivity contribution >= 4 is 11.6 Å². The summed E-state index contributed by atoms with van der Waals surface area (Å²) in [5.41, 5.74) is 2.22. The van der Waals surface area contributed by atoms with Crippen LogP contribution < -0.4 is 4.90 Å². The average molecular weight is 328 g/mol. The zero-order valence-corrected chi connectivity index (χ0v) is 14.1. The van der Waals surface area contributed by atoms with Gasteiger partial charge in [-0.2, -0.15) is 5.10 Å². The van der Waals surface area contributed by atoms with Crippen LogP contribution in [-0.4, -0.2) is 56.7 Å². The Bertz CT molecular complexity index is 657. The Balaban J connectivity index is 1.48. The number of carbonyl (C=O) groups is 1. The van der Waals surface area contributed by atoms with Crippen LogP contribution in [-0.2, 0) is 11.3 Å². The Kier molecular flexibility index (Phi) is 5.40. The molecule has 0 aromatic carbocycles. The van der Waals surface area contributed by atoms with E-state index in [9.17, 15) is 4.79 Å². The first kappa shape index (κ1) is 16.4. The second kappa shape index (κ2) is 7.90. The van der Waals surface area contributed by atoms with Crippen molar-refractivity contribution in [2.24, 2.45) is 0 Å². The van der Waals surface area contributed by atoms with Crippen LogP contribution in [0.5, 0.6) is 0 Å². The highest BCUT2D eigenvalue weighted by molar-refractivity contribution is 5.76. The van der Waals surface area contributed by atoms with Gasteiger partial charge in [0, 0.05) is 56.7 Å². The molecule has 0 bridgehead atoms. The van der Waals surface area contributed by atoms with Crippen molar-refractivity contribution in [3.05, 3.63) is 36.7 Å². The van der Waals surface area contributed by atoms with Gasteiger partial charge in [-0.25, -0.2) is 4.98 Å². The molecule has 1 fully saturated rings. The zero-order valence-electron chi connectivity index (χ0n) is 14.1. The number of pyridine rings is 1. The molecule has 128 valence electrons. The van der Waals surface area contributed by atoms with E-state index >= 15 is 0 Å². The lowest BCUT2D eigenvalue weighted by Crippen LogP contribution is -2.35. The van der Waals surface area contributed by atoms with Gasteiger partial charge in [-0.3, -0.25) is 14.5 Å². The minimum absolute atomic E-state index is 0.239. The van der Waals surface area contributed by atoms with Crippen molar-refractivity contribution in [2.45, 2.75) is 32.7 Å². The maximum atomic E-state index is 12.4. The van der Waals surface area contributed by atoms with E-state index in [4.69, 9.17) is 0 Å². The molecule has 0 unspecified atom stereocenters. The molecule has 0 radical (unpaired) electrons. The predicted octanol–water partition coefficient (Wildman–Crippen LogP) is 1.50. The third kappa shape index (κ3) is 4.31. The van der Waals surface area contributed by atoms with E-state index in [1.165, 1.54) is 12.0 Å². The Morgan fingerprint density at radius 1 is 1.25 bits per heavy atom. The van der Waals surface area contributed by atoms with Crippen LogP contribution in [0, 0.1) is 6.92 Å². The summed E-state index contributed by atoms with van der Waals surface area (Å²) in [5.74, 6) is 0.239. The molecule has 2 aromatic rings. The van der Waals surface area contributed by atoms with Crippen molar-refractivity contribution < 1.29 is 4.79 Å². The molecule has 0 atom stereocenters. The molecule has 7 heteroatoms. The molecule has 3 rings (SSSR count). The number of hydrogen-bond donors (Lipinski definition) is 0. The van der Waals surface area contributed by atoms with Crippen LogP contribution in [0.25, 0.3) is 0 Å². The lowest BCUT2D eigenvalue weighted by Gasteiger charge is -2.24. The molecule has 0 aliphatic carbocycles. The second-order valence-corrected chi connectivity index (χ2v) is 6.14. The van der Waals surface area contributed by atoms with Crippen molar-refractivity contribution in [3.63, 3.8) is 0 Å². The summed E-state index contributed by atoms with van der Waals surface area (Å²) in [7, 11) is 0. The Morgan fingerprint density at radius 2 is 2.17 bits per heavy atom. The van der Waals surface area contributed by atoms with E-state index in [0.717, 1.165) is 51.3 Å². The van der Waals surface area contributed by atoms with Crippen LogP contribution in [0.3, 0.4) is 0 Å². The van der Waals surface area contributed by atoms with E-state index in [0.29, 0.717) is 6.42 Å². The summed E-state index contributed by atoms with van der Waals surface area (Å²) in [6.45, 7) is 6.21. The van der Waals surface area contributed by atoms with Gasteiger partial charge in [-0.05, 0) is 31.9 Å². The molecule has 1 amide bonds. The van der Waals surface area contributed by atoms with Crippen LogP contribution in [0.2, 0.25) is 0 Å². The van der Waals surface area contributed by atoms with Crippen LogP contribution in [0.15, 0.2) is 31.0 Å². The Labute approximate surface area is 142 Å². The summed E-state index contributed by atoms with van der Waals surface area (Å²) in [6, 6.07) is 4.15.